The van der Waals surface area contributed by atoms with E-state index in [0.29, 0.717) is 22.4 Å². The van der Waals surface area contributed by atoms with Gasteiger partial charge in [0.2, 0.25) is 0 Å². The van der Waals surface area contributed by atoms with Gasteiger partial charge >= 0.3 is 0 Å². The first-order valence-corrected chi connectivity index (χ1v) is 7.70. The predicted octanol–water partition coefficient (Wildman–Crippen LogP) is 4.94. The SMILES string of the molecule is CCOc1cc(Cl)c(C(N)Cc2ccccc2C)cc1Cl. The standard InChI is InChI=1S/C17H19Cl2NO/c1-3-21-17-10-14(18)13(9-15(17)19)16(20)8-12-7-5-4-6-11(12)2/h4-7,9-10,16H,3,8,20H2,1-2H3. The van der Waals surface area contributed by atoms with Gasteiger partial charge in [0.15, 0.2) is 0 Å². The van der Waals surface area contributed by atoms with Crippen molar-refractivity contribution in [3.05, 3.63) is 63.1 Å². The summed E-state index contributed by atoms with van der Waals surface area (Å²) in [7, 11) is 0. The summed E-state index contributed by atoms with van der Waals surface area (Å²) in [4.78, 5) is 0. The average molecular weight is 324 g/mol. The Balaban J connectivity index is 2.25. The monoisotopic (exact) mass is 323 g/mol. The first-order chi connectivity index (χ1) is 10.0. The van der Waals surface area contributed by atoms with E-state index in [1.807, 2.05) is 19.1 Å². The lowest BCUT2D eigenvalue weighted by Gasteiger charge is -2.17. The molecule has 0 heterocycles. The van der Waals surface area contributed by atoms with Gasteiger partial charge in [-0.05, 0) is 43.0 Å². The van der Waals surface area contributed by atoms with Crippen LogP contribution < -0.4 is 10.5 Å². The summed E-state index contributed by atoms with van der Waals surface area (Å²) < 4.78 is 5.43. The third-order valence-electron chi connectivity index (χ3n) is 3.45. The van der Waals surface area contributed by atoms with Gasteiger partial charge in [-0.2, -0.15) is 0 Å². The molecule has 1 atom stereocenters. The number of halogens is 2. The number of benzene rings is 2. The molecule has 2 aromatic carbocycles. The van der Waals surface area contributed by atoms with E-state index in [-0.39, 0.29) is 6.04 Å². The molecule has 0 fully saturated rings. The molecule has 4 heteroatoms. The molecule has 0 bridgehead atoms. The van der Waals surface area contributed by atoms with E-state index in [0.717, 1.165) is 12.0 Å². The molecule has 21 heavy (non-hydrogen) atoms. The summed E-state index contributed by atoms with van der Waals surface area (Å²) >= 11 is 12.5. The van der Waals surface area contributed by atoms with Crippen molar-refractivity contribution in [3.8, 4) is 5.75 Å². The van der Waals surface area contributed by atoms with E-state index in [1.54, 1.807) is 12.1 Å². The zero-order chi connectivity index (χ0) is 15.4. The lowest BCUT2D eigenvalue weighted by atomic mass is 9.96. The third kappa shape index (κ3) is 3.91. The highest BCUT2D eigenvalue weighted by Crippen LogP contribution is 2.34. The fourth-order valence-electron chi connectivity index (χ4n) is 2.28. The quantitative estimate of drug-likeness (QED) is 0.845. The Morgan fingerprint density at radius 3 is 2.52 bits per heavy atom. The number of rotatable bonds is 5. The Morgan fingerprint density at radius 1 is 1.14 bits per heavy atom. The molecule has 0 spiro atoms. The van der Waals surface area contributed by atoms with E-state index in [2.05, 4.69) is 19.1 Å². The number of ether oxygens (including phenoxy) is 1. The summed E-state index contributed by atoms with van der Waals surface area (Å²) in [6.45, 7) is 4.53. The molecule has 0 saturated heterocycles. The maximum atomic E-state index is 6.32. The second kappa shape index (κ2) is 7.17. The molecule has 0 saturated carbocycles. The highest BCUT2D eigenvalue weighted by Gasteiger charge is 2.15. The van der Waals surface area contributed by atoms with Gasteiger partial charge in [-0.15, -0.1) is 0 Å². The van der Waals surface area contributed by atoms with Gasteiger partial charge in [0.1, 0.15) is 5.75 Å². The van der Waals surface area contributed by atoms with Crippen LogP contribution in [0.2, 0.25) is 10.0 Å². The fourth-order valence-corrected chi connectivity index (χ4v) is 2.80. The van der Waals surface area contributed by atoms with Crippen LogP contribution in [0.15, 0.2) is 36.4 Å². The number of hydrogen-bond donors (Lipinski definition) is 1. The highest BCUT2D eigenvalue weighted by atomic mass is 35.5. The van der Waals surface area contributed by atoms with E-state index >= 15 is 0 Å². The van der Waals surface area contributed by atoms with Gasteiger partial charge < -0.3 is 10.5 Å². The summed E-state index contributed by atoms with van der Waals surface area (Å²) in [6.07, 6.45) is 0.719. The van der Waals surface area contributed by atoms with Crippen molar-refractivity contribution >= 4 is 23.2 Å². The van der Waals surface area contributed by atoms with Crippen LogP contribution in [-0.4, -0.2) is 6.61 Å². The van der Waals surface area contributed by atoms with Crippen molar-refractivity contribution < 1.29 is 4.74 Å². The second-order valence-electron chi connectivity index (χ2n) is 4.97. The minimum Gasteiger partial charge on any atom is -0.492 e. The topological polar surface area (TPSA) is 35.2 Å². The largest absolute Gasteiger partial charge is 0.492 e. The summed E-state index contributed by atoms with van der Waals surface area (Å²) in [5.41, 5.74) is 9.58. The van der Waals surface area contributed by atoms with Crippen molar-refractivity contribution in [1.82, 2.24) is 0 Å². The number of hydrogen-bond acceptors (Lipinski definition) is 2. The van der Waals surface area contributed by atoms with Gasteiger partial charge in [0.05, 0.1) is 11.6 Å². The molecular formula is C17H19Cl2NO. The van der Waals surface area contributed by atoms with E-state index in [9.17, 15) is 0 Å². The summed E-state index contributed by atoms with van der Waals surface area (Å²) in [5, 5.41) is 1.13. The van der Waals surface area contributed by atoms with Crippen LogP contribution in [-0.2, 0) is 6.42 Å². The van der Waals surface area contributed by atoms with Crippen molar-refractivity contribution in [1.29, 1.82) is 0 Å². The lowest BCUT2D eigenvalue weighted by Crippen LogP contribution is -2.14. The second-order valence-corrected chi connectivity index (χ2v) is 5.79. The molecule has 2 nitrogen and oxygen atoms in total. The smallest absolute Gasteiger partial charge is 0.139 e. The van der Waals surface area contributed by atoms with Crippen LogP contribution >= 0.6 is 23.2 Å². The van der Waals surface area contributed by atoms with Crippen LogP contribution in [0.5, 0.6) is 5.75 Å². The van der Waals surface area contributed by atoms with Gasteiger partial charge in [-0.1, -0.05) is 47.5 Å². The number of nitrogens with two attached hydrogens (primary N) is 1. The molecule has 112 valence electrons. The first kappa shape index (κ1) is 16.2. The van der Waals surface area contributed by atoms with Gasteiger partial charge in [-0.3, -0.25) is 0 Å². The number of aryl methyl sites for hydroxylation is 1. The van der Waals surface area contributed by atoms with Crippen molar-refractivity contribution in [2.45, 2.75) is 26.3 Å². The highest BCUT2D eigenvalue weighted by molar-refractivity contribution is 6.34. The predicted molar refractivity (Wildman–Crippen MR) is 89.4 cm³/mol. The van der Waals surface area contributed by atoms with E-state index < -0.39 is 0 Å². The molecular weight excluding hydrogens is 305 g/mol. The van der Waals surface area contributed by atoms with Crippen LogP contribution in [0.1, 0.15) is 29.7 Å². The van der Waals surface area contributed by atoms with Crippen molar-refractivity contribution in [2.75, 3.05) is 6.61 Å². The Hall–Kier alpha value is -1.22. The maximum Gasteiger partial charge on any atom is 0.139 e. The molecule has 0 aromatic heterocycles. The van der Waals surface area contributed by atoms with Gasteiger partial charge in [0.25, 0.3) is 0 Å². The molecule has 0 radical (unpaired) electrons. The molecule has 0 aliphatic carbocycles. The van der Waals surface area contributed by atoms with Crippen molar-refractivity contribution in [2.24, 2.45) is 5.73 Å². The Morgan fingerprint density at radius 2 is 1.86 bits per heavy atom. The van der Waals surface area contributed by atoms with Gasteiger partial charge in [0, 0.05) is 17.1 Å². The van der Waals surface area contributed by atoms with E-state index in [1.165, 1.54) is 11.1 Å². The molecule has 2 rings (SSSR count). The lowest BCUT2D eigenvalue weighted by molar-refractivity contribution is 0.340. The normalized spacial score (nSPS) is 12.2. The van der Waals surface area contributed by atoms with Crippen LogP contribution in [0.25, 0.3) is 0 Å². The third-order valence-corrected chi connectivity index (χ3v) is 4.07. The van der Waals surface area contributed by atoms with E-state index in [4.69, 9.17) is 33.7 Å². The zero-order valence-electron chi connectivity index (χ0n) is 12.2. The Bertz CT molecular complexity index is 628. The fraction of sp³-hybridized carbons (Fsp3) is 0.294. The molecule has 2 N–H and O–H groups in total. The molecule has 1 unspecified atom stereocenters. The van der Waals surface area contributed by atoms with Crippen LogP contribution in [0, 0.1) is 6.92 Å². The average Bonchev–Trinajstić information content (AvgIpc) is 2.45. The van der Waals surface area contributed by atoms with Gasteiger partial charge in [-0.25, -0.2) is 0 Å². The molecule has 2 aromatic rings. The molecule has 0 amide bonds. The summed E-state index contributed by atoms with van der Waals surface area (Å²) in [5.74, 6) is 0.594. The minimum absolute atomic E-state index is 0.202. The van der Waals surface area contributed by atoms with Crippen molar-refractivity contribution in [3.63, 3.8) is 0 Å². The zero-order valence-corrected chi connectivity index (χ0v) is 13.7. The summed E-state index contributed by atoms with van der Waals surface area (Å²) in [6, 6.07) is 11.5. The Labute approximate surface area is 135 Å². The minimum atomic E-state index is -0.202. The Kier molecular flexibility index (Phi) is 5.51. The van der Waals surface area contributed by atoms with Crippen LogP contribution in [0.4, 0.5) is 0 Å². The van der Waals surface area contributed by atoms with Crippen LogP contribution in [0.3, 0.4) is 0 Å². The first-order valence-electron chi connectivity index (χ1n) is 6.94. The molecule has 0 aliphatic rings. The maximum absolute atomic E-state index is 6.32. The molecule has 0 aliphatic heterocycles.